The molecule has 0 atom stereocenters. The Bertz CT molecular complexity index is 3640. The number of rotatable bonds is 7. The van der Waals surface area contributed by atoms with Gasteiger partial charge in [0.1, 0.15) is 11.2 Å². The second kappa shape index (κ2) is 15.2. The summed E-state index contributed by atoms with van der Waals surface area (Å²) >= 11 is 0. The lowest BCUT2D eigenvalue weighted by Crippen LogP contribution is -1.96. The maximum absolute atomic E-state index is 6.63. The molecule has 3 heterocycles. The average Bonchev–Trinajstić information content (AvgIpc) is 3.74. The van der Waals surface area contributed by atoms with E-state index in [1.807, 2.05) is 24.3 Å². The lowest BCUT2D eigenvalue weighted by Gasteiger charge is -2.16. The van der Waals surface area contributed by atoms with Gasteiger partial charge in [-0.25, -0.2) is 15.0 Å². The van der Waals surface area contributed by atoms with E-state index in [0.29, 0.717) is 5.82 Å². The number of aromatic nitrogens is 3. The summed E-state index contributed by atoms with van der Waals surface area (Å²) in [6, 6.07) is 78.5. The normalized spacial score (nSPS) is 11.5. The number of hydrogen-bond donors (Lipinski definition) is 0. The predicted molar refractivity (Wildman–Crippen MR) is 260 cm³/mol. The second-order valence-corrected chi connectivity index (χ2v) is 15.9. The average molecular weight is 804 g/mol. The summed E-state index contributed by atoms with van der Waals surface area (Å²) in [5.41, 5.74) is 16.2. The standard InChI is InChI=1S/C59H37N3O/c1-4-15-38(16-5-1)39-29-33-44(34-30-39)59-61-51(41-17-6-2-7-18-41)37-52(62-59)46-22-14-21-45(35-46)40-27-31-42(32-28-40)55-56-47-23-10-12-25-50(47)60-58(43-19-8-3-9-20-43)49(56)36-54-57(55)48-24-11-13-26-53(48)63-54/h1-37H. The van der Waals surface area contributed by atoms with E-state index >= 15 is 0 Å². The van der Waals surface area contributed by atoms with Crippen LogP contribution in [-0.4, -0.2) is 15.0 Å². The molecule has 0 saturated carbocycles. The number of benzene rings is 9. The smallest absolute Gasteiger partial charge is 0.160 e. The minimum absolute atomic E-state index is 0.687. The fourth-order valence-electron chi connectivity index (χ4n) is 9.03. The van der Waals surface area contributed by atoms with Crippen LogP contribution in [0.1, 0.15) is 0 Å². The Balaban J connectivity index is 0.987. The molecule has 12 rings (SSSR count). The third-order valence-electron chi connectivity index (χ3n) is 12.1. The summed E-state index contributed by atoms with van der Waals surface area (Å²) in [6.45, 7) is 0. The van der Waals surface area contributed by atoms with Crippen LogP contribution in [-0.2, 0) is 0 Å². The van der Waals surface area contributed by atoms with E-state index < -0.39 is 0 Å². The number of nitrogens with zero attached hydrogens (tertiary/aromatic N) is 3. The van der Waals surface area contributed by atoms with E-state index in [4.69, 9.17) is 19.4 Å². The van der Waals surface area contributed by atoms with E-state index in [-0.39, 0.29) is 0 Å². The molecule has 4 nitrogen and oxygen atoms in total. The van der Waals surface area contributed by atoms with Crippen LogP contribution in [0.5, 0.6) is 0 Å². The van der Waals surface area contributed by atoms with Crippen molar-refractivity contribution in [2.45, 2.75) is 0 Å². The van der Waals surface area contributed by atoms with Gasteiger partial charge in [0.15, 0.2) is 5.82 Å². The fraction of sp³-hybridized carbons (Fsp3) is 0. The summed E-state index contributed by atoms with van der Waals surface area (Å²) in [4.78, 5) is 15.6. The molecule has 63 heavy (non-hydrogen) atoms. The van der Waals surface area contributed by atoms with Crippen molar-refractivity contribution in [3.05, 3.63) is 224 Å². The van der Waals surface area contributed by atoms with Gasteiger partial charge in [0, 0.05) is 54.7 Å². The maximum Gasteiger partial charge on any atom is 0.160 e. The van der Waals surface area contributed by atoms with E-state index in [9.17, 15) is 0 Å². The quantitative estimate of drug-likeness (QED) is 0.151. The molecule has 4 heteroatoms. The van der Waals surface area contributed by atoms with Gasteiger partial charge in [-0.2, -0.15) is 0 Å². The number of fused-ring (bicyclic) bond motifs is 6. The molecular weight excluding hydrogens is 767 g/mol. The predicted octanol–water partition coefficient (Wildman–Crippen LogP) is 15.7. The fourth-order valence-corrected chi connectivity index (χ4v) is 9.03. The third-order valence-corrected chi connectivity index (χ3v) is 12.1. The minimum Gasteiger partial charge on any atom is -0.456 e. The topological polar surface area (TPSA) is 51.8 Å². The van der Waals surface area contributed by atoms with Crippen LogP contribution >= 0.6 is 0 Å². The Morgan fingerprint density at radius 1 is 0.286 bits per heavy atom. The molecule has 0 saturated heterocycles. The molecule has 3 aromatic heterocycles. The number of pyridine rings is 1. The van der Waals surface area contributed by atoms with Gasteiger partial charge in [-0.15, -0.1) is 0 Å². The molecule has 0 bridgehead atoms. The van der Waals surface area contributed by atoms with Gasteiger partial charge in [-0.3, -0.25) is 0 Å². The zero-order chi connectivity index (χ0) is 41.7. The van der Waals surface area contributed by atoms with Crippen molar-refractivity contribution in [3.63, 3.8) is 0 Å². The summed E-state index contributed by atoms with van der Waals surface area (Å²) in [6.07, 6.45) is 0. The third kappa shape index (κ3) is 6.53. The molecule has 0 fully saturated rings. The first-order valence-corrected chi connectivity index (χ1v) is 21.3. The first-order valence-electron chi connectivity index (χ1n) is 21.3. The van der Waals surface area contributed by atoms with Crippen molar-refractivity contribution in [1.82, 2.24) is 15.0 Å². The zero-order valence-corrected chi connectivity index (χ0v) is 34.1. The maximum atomic E-state index is 6.63. The summed E-state index contributed by atoms with van der Waals surface area (Å²) in [5, 5.41) is 5.53. The molecular formula is C59H37N3O. The molecule has 0 aliphatic rings. The second-order valence-electron chi connectivity index (χ2n) is 15.9. The minimum atomic E-state index is 0.687. The molecule has 294 valence electrons. The van der Waals surface area contributed by atoms with Crippen LogP contribution in [0.25, 0.3) is 122 Å². The van der Waals surface area contributed by atoms with E-state index in [1.54, 1.807) is 0 Å². The Labute approximate surface area is 364 Å². The van der Waals surface area contributed by atoms with Crippen LogP contribution in [0.4, 0.5) is 0 Å². The van der Waals surface area contributed by atoms with Crippen LogP contribution < -0.4 is 0 Å². The number of furan rings is 1. The van der Waals surface area contributed by atoms with Crippen LogP contribution in [0.15, 0.2) is 229 Å². The van der Waals surface area contributed by atoms with Crippen LogP contribution in [0.2, 0.25) is 0 Å². The van der Waals surface area contributed by atoms with Crippen LogP contribution in [0, 0.1) is 0 Å². The van der Waals surface area contributed by atoms with Gasteiger partial charge in [0.25, 0.3) is 0 Å². The van der Waals surface area contributed by atoms with Crippen molar-refractivity contribution in [2.24, 2.45) is 0 Å². The Hall–Kier alpha value is -8.47. The molecule has 0 spiro atoms. The van der Waals surface area contributed by atoms with Crippen molar-refractivity contribution in [2.75, 3.05) is 0 Å². The van der Waals surface area contributed by atoms with Gasteiger partial charge < -0.3 is 4.42 Å². The molecule has 0 N–H and O–H groups in total. The number of hydrogen-bond acceptors (Lipinski definition) is 4. The molecule has 9 aromatic carbocycles. The molecule has 0 aliphatic heterocycles. The summed E-state index contributed by atoms with van der Waals surface area (Å²) < 4.78 is 6.63. The Morgan fingerprint density at radius 3 is 1.54 bits per heavy atom. The van der Waals surface area contributed by atoms with Gasteiger partial charge in [-0.1, -0.05) is 194 Å². The van der Waals surface area contributed by atoms with Crippen molar-refractivity contribution < 1.29 is 4.42 Å². The summed E-state index contributed by atoms with van der Waals surface area (Å²) in [7, 11) is 0. The van der Waals surface area contributed by atoms with E-state index in [0.717, 1.165) is 111 Å². The zero-order valence-electron chi connectivity index (χ0n) is 34.1. The first-order chi connectivity index (χ1) is 31.2. The highest BCUT2D eigenvalue weighted by molar-refractivity contribution is 6.27. The molecule has 0 aliphatic carbocycles. The summed E-state index contributed by atoms with van der Waals surface area (Å²) in [5.74, 6) is 0.687. The van der Waals surface area contributed by atoms with Gasteiger partial charge in [-0.05, 0) is 58.1 Å². The highest BCUT2D eigenvalue weighted by atomic mass is 16.3. The lowest BCUT2D eigenvalue weighted by molar-refractivity contribution is 0.669. The van der Waals surface area contributed by atoms with Crippen LogP contribution in [0.3, 0.4) is 0 Å². The largest absolute Gasteiger partial charge is 0.456 e. The number of para-hydroxylation sites is 2. The SMILES string of the molecule is c1ccc(-c2ccc(-c3nc(-c4ccccc4)cc(-c4cccc(-c5ccc(-c6c7c(cc8c(-c9ccccc9)nc9ccccc9c68)oc6ccccc67)cc5)c4)n3)cc2)cc1. The Morgan fingerprint density at radius 2 is 0.810 bits per heavy atom. The molecule has 0 amide bonds. The lowest BCUT2D eigenvalue weighted by atomic mass is 9.89. The van der Waals surface area contributed by atoms with E-state index in [1.165, 1.54) is 5.56 Å². The van der Waals surface area contributed by atoms with Gasteiger partial charge in [0.05, 0.1) is 22.6 Å². The molecule has 0 unspecified atom stereocenters. The molecule has 0 radical (unpaired) electrons. The van der Waals surface area contributed by atoms with Crippen molar-refractivity contribution in [3.8, 4) is 78.5 Å². The van der Waals surface area contributed by atoms with Gasteiger partial charge in [0.2, 0.25) is 0 Å². The monoisotopic (exact) mass is 803 g/mol. The van der Waals surface area contributed by atoms with E-state index in [2.05, 4.69) is 200 Å². The Kier molecular flexibility index (Phi) is 8.79. The molecule has 12 aromatic rings. The highest BCUT2D eigenvalue weighted by Gasteiger charge is 2.22. The van der Waals surface area contributed by atoms with Crippen molar-refractivity contribution in [1.29, 1.82) is 0 Å². The van der Waals surface area contributed by atoms with Crippen molar-refractivity contribution >= 4 is 43.6 Å². The highest BCUT2D eigenvalue weighted by Crippen LogP contribution is 2.46. The first kappa shape index (κ1) is 36.4. The van der Waals surface area contributed by atoms with Gasteiger partial charge >= 0.3 is 0 Å².